The second-order valence-corrected chi connectivity index (χ2v) is 6.99. The van der Waals surface area contributed by atoms with Crippen molar-refractivity contribution in [1.82, 2.24) is 9.55 Å². The van der Waals surface area contributed by atoms with Crippen LogP contribution in [0.15, 0.2) is 45.7 Å². The summed E-state index contributed by atoms with van der Waals surface area (Å²) in [6.45, 7) is 0.543. The Hall–Kier alpha value is -1.98. The molecule has 120 valence electrons. The SMILES string of the molecule is O=c1c2ccc(Cl)cc2nc2n1CC/C2=C\c1cc(Br)ccc1F. The second-order valence-electron chi connectivity index (χ2n) is 5.64. The van der Waals surface area contributed by atoms with Crippen molar-refractivity contribution in [3.8, 4) is 0 Å². The molecule has 1 aromatic heterocycles. The summed E-state index contributed by atoms with van der Waals surface area (Å²) >= 11 is 9.36. The molecule has 0 fully saturated rings. The van der Waals surface area contributed by atoms with Gasteiger partial charge in [-0.15, -0.1) is 0 Å². The first kappa shape index (κ1) is 15.5. The smallest absolute Gasteiger partial charge is 0.261 e. The fourth-order valence-corrected chi connectivity index (χ4v) is 3.49. The van der Waals surface area contributed by atoms with Crippen molar-refractivity contribution in [1.29, 1.82) is 0 Å². The van der Waals surface area contributed by atoms with Crippen LogP contribution in [-0.4, -0.2) is 9.55 Å². The van der Waals surface area contributed by atoms with E-state index >= 15 is 0 Å². The summed E-state index contributed by atoms with van der Waals surface area (Å²) in [5.41, 5.74) is 1.77. The predicted molar refractivity (Wildman–Crippen MR) is 97.6 cm³/mol. The van der Waals surface area contributed by atoms with Gasteiger partial charge in [0.1, 0.15) is 11.6 Å². The van der Waals surface area contributed by atoms with Crippen LogP contribution in [0.25, 0.3) is 22.6 Å². The highest BCUT2D eigenvalue weighted by atomic mass is 79.9. The molecule has 0 bridgehead atoms. The van der Waals surface area contributed by atoms with Crippen molar-refractivity contribution >= 4 is 50.1 Å². The lowest BCUT2D eigenvalue weighted by Crippen LogP contribution is -2.20. The van der Waals surface area contributed by atoms with Crippen molar-refractivity contribution in [2.45, 2.75) is 13.0 Å². The highest BCUT2D eigenvalue weighted by Crippen LogP contribution is 2.29. The molecule has 0 atom stereocenters. The average Bonchev–Trinajstić information content (AvgIpc) is 2.94. The molecule has 3 aromatic rings. The van der Waals surface area contributed by atoms with Crippen LogP contribution in [0.3, 0.4) is 0 Å². The summed E-state index contributed by atoms with van der Waals surface area (Å²) in [6, 6.07) is 9.82. The molecule has 0 saturated heterocycles. The van der Waals surface area contributed by atoms with E-state index in [1.54, 1.807) is 41.0 Å². The van der Waals surface area contributed by atoms with Gasteiger partial charge in [0.15, 0.2) is 0 Å². The number of hydrogen-bond acceptors (Lipinski definition) is 2. The molecule has 0 spiro atoms. The molecule has 0 saturated carbocycles. The van der Waals surface area contributed by atoms with Gasteiger partial charge in [0.05, 0.1) is 10.9 Å². The van der Waals surface area contributed by atoms with Crippen molar-refractivity contribution in [2.24, 2.45) is 0 Å². The Morgan fingerprint density at radius 2 is 2.08 bits per heavy atom. The topological polar surface area (TPSA) is 34.9 Å². The fourth-order valence-electron chi connectivity index (χ4n) is 2.94. The number of allylic oxidation sites excluding steroid dienone is 1. The first-order chi connectivity index (χ1) is 11.5. The summed E-state index contributed by atoms with van der Waals surface area (Å²) in [5, 5.41) is 1.07. The molecule has 2 heterocycles. The molecule has 3 nitrogen and oxygen atoms in total. The van der Waals surface area contributed by atoms with E-state index in [-0.39, 0.29) is 11.4 Å². The van der Waals surface area contributed by atoms with Crippen molar-refractivity contribution in [2.75, 3.05) is 0 Å². The molecule has 2 aromatic carbocycles. The van der Waals surface area contributed by atoms with Gasteiger partial charge < -0.3 is 0 Å². The lowest BCUT2D eigenvalue weighted by atomic mass is 10.1. The summed E-state index contributed by atoms with van der Waals surface area (Å²) in [6.07, 6.45) is 2.39. The fraction of sp³-hybridized carbons (Fsp3) is 0.111. The van der Waals surface area contributed by atoms with Crippen LogP contribution in [-0.2, 0) is 6.54 Å². The molecule has 4 rings (SSSR count). The van der Waals surface area contributed by atoms with E-state index in [1.165, 1.54) is 6.07 Å². The average molecular weight is 406 g/mol. The van der Waals surface area contributed by atoms with Gasteiger partial charge in [0, 0.05) is 21.6 Å². The Morgan fingerprint density at radius 3 is 2.92 bits per heavy atom. The first-order valence-corrected chi connectivity index (χ1v) is 8.56. The quantitative estimate of drug-likeness (QED) is 0.577. The normalized spacial score (nSPS) is 15.2. The van der Waals surface area contributed by atoms with Crippen LogP contribution in [0, 0.1) is 5.82 Å². The Bertz CT molecular complexity index is 1070. The van der Waals surface area contributed by atoms with E-state index in [2.05, 4.69) is 20.9 Å². The third-order valence-corrected chi connectivity index (χ3v) is 4.83. The van der Waals surface area contributed by atoms with Crippen LogP contribution in [0.1, 0.15) is 17.8 Å². The van der Waals surface area contributed by atoms with Crippen LogP contribution in [0.2, 0.25) is 5.02 Å². The Balaban J connectivity index is 1.93. The van der Waals surface area contributed by atoms with Gasteiger partial charge in [-0.1, -0.05) is 27.5 Å². The van der Waals surface area contributed by atoms with E-state index in [1.807, 2.05) is 0 Å². The molecule has 0 amide bonds. The third kappa shape index (κ3) is 2.58. The van der Waals surface area contributed by atoms with Crippen molar-refractivity contribution in [3.05, 3.63) is 73.5 Å². The lowest BCUT2D eigenvalue weighted by molar-refractivity contribution is 0.625. The number of rotatable bonds is 1. The van der Waals surface area contributed by atoms with Crippen LogP contribution >= 0.6 is 27.5 Å². The number of benzene rings is 2. The summed E-state index contributed by atoms with van der Waals surface area (Å²) < 4.78 is 16.4. The second kappa shape index (κ2) is 5.83. The van der Waals surface area contributed by atoms with Gasteiger partial charge in [0.25, 0.3) is 5.56 Å². The molecule has 0 N–H and O–H groups in total. The summed E-state index contributed by atoms with van der Waals surface area (Å²) in [7, 11) is 0. The van der Waals surface area contributed by atoms with Gasteiger partial charge in [-0.25, -0.2) is 9.37 Å². The molecule has 1 aliphatic heterocycles. The zero-order valence-electron chi connectivity index (χ0n) is 12.4. The van der Waals surface area contributed by atoms with E-state index in [0.29, 0.717) is 40.3 Å². The molecule has 6 heteroatoms. The van der Waals surface area contributed by atoms with Crippen LogP contribution < -0.4 is 5.56 Å². The summed E-state index contributed by atoms with van der Waals surface area (Å²) in [4.78, 5) is 17.2. The van der Waals surface area contributed by atoms with Gasteiger partial charge >= 0.3 is 0 Å². The minimum absolute atomic E-state index is 0.0928. The van der Waals surface area contributed by atoms with Gasteiger partial charge in [-0.05, 0) is 54.5 Å². The maximum Gasteiger partial charge on any atom is 0.261 e. The number of hydrogen-bond donors (Lipinski definition) is 0. The highest BCUT2D eigenvalue weighted by Gasteiger charge is 2.21. The zero-order valence-corrected chi connectivity index (χ0v) is 14.7. The number of halogens is 3. The largest absolute Gasteiger partial charge is 0.292 e. The van der Waals surface area contributed by atoms with Crippen molar-refractivity contribution < 1.29 is 4.39 Å². The molecule has 24 heavy (non-hydrogen) atoms. The standard InChI is InChI=1S/C18H11BrClFN2O/c19-12-1-4-15(21)11(8-12)7-10-5-6-23-17(10)22-16-9-13(20)2-3-14(16)18(23)24/h1-4,7-9H,5-6H2/b10-7+. The third-order valence-electron chi connectivity index (χ3n) is 4.10. The van der Waals surface area contributed by atoms with E-state index in [9.17, 15) is 9.18 Å². The van der Waals surface area contributed by atoms with Crippen LogP contribution in [0.4, 0.5) is 4.39 Å². The zero-order chi connectivity index (χ0) is 16.8. The number of nitrogens with zero attached hydrogens (tertiary/aromatic N) is 2. The van der Waals surface area contributed by atoms with Gasteiger partial charge in [-0.2, -0.15) is 0 Å². The van der Waals surface area contributed by atoms with Crippen molar-refractivity contribution in [3.63, 3.8) is 0 Å². The lowest BCUT2D eigenvalue weighted by Gasteiger charge is -2.06. The minimum Gasteiger partial charge on any atom is -0.292 e. The first-order valence-electron chi connectivity index (χ1n) is 7.39. The van der Waals surface area contributed by atoms with Gasteiger partial charge in [-0.3, -0.25) is 9.36 Å². The maximum atomic E-state index is 14.0. The highest BCUT2D eigenvalue weighted by molar-refractivity contribution is 9.10. The van der Waals surface area contributed by atoms with E-state index in [4.69, 9.17) is 11.6 Å². The molecule has 0 aliphatic carbocycles. The van der Waals surface area contributed by atoms with Gasteiger partial charge in [0.2, 0.25) is 0 Å². The molecule has 0 unspecified atom stereocenters. The van der Waals surface area contributed by atoms with E-state index in [0.717, 1.165) is 10.0 Å². The predicted octanol–water partition coefficient (Wildman–Crippen LogP) is 4.90. The monoisotopic (exact) mass is 404 g/mol. The minimum atomic E-state index is -0.310. The maximum absolute atomic E-state index is 14.0. The molecular weight excluding hydrogens is 395 g/mol. The Kier molecular flexibility index (Phi) is 3.77. The van der Waals surface area contributed by atoms with Crippen LogP contribution in [0.5, 0.6) is 0 Å². The number of aromatic nitrogens is 2. The Labute approximate surface area is 150 Å². The summed E-state index contributed by atoms with van der Waals surface area (Å²) in [5.74, 6) is 0.268. The Morgan fingerprint density at radius 1 is 1.25 bits per heavy atom. The molecular formula is C18H11BrClFN2O. The molecule has 0 radical (unpaired) electrons. The number of fused-ring (bicyclic) bond motifs is 2. The molecule has 1 aliphatic rings. The van der Waals surface area contributed by atoms with E-state index < -0.39 is 0 Å².